The third kappa shape index (κ3) is 9.81. The fraction of sp³-hybridized carbons (Fsp3) is 0.464. The van der Waals surface area contributed by atoms with Gasteiger partial charge in [0.2, 0.25) is 5.91 Å². The van der Waals surface area contributed by atoms with Crippen LogP contribution in [0, 0.1) is 5.92 Å². The summed E-state index contributed by atoms with van der Waals surface area (Å²) in [5, 5.41) is 2.79. The summed E-state index contributed by atoms with van der Waals surface area (Å²) in [5.74, 6) is -0.987. The van der Waals surface area contributed by atoms with Crippen molar-refractivity contribution >= 4 is 18.0 Å². The number of hydrogen-bond acceptors (Lipinski definition) is 5. The van der Waals surface area contributed by atoms with Crippen LogP contribution in [0.15, 0.2) is 60.7 Å². The summed E-state index contributed by atoms with van der Waals surface area (Å²) in [5.41, 5.74) is 0.860. The van der Waals surface area contributed by atoms with E-state index in [-0.39, 0.29) is 18.9 Å². The molecule has 0 radical (unpaired) electrons. The smallest absolute Gasteiger partial charge is 0.410 e. The molecule has 0 aliphatic rings. The van der Waals surface area contributed by atoms with Gasteiger partial charge < -0.3 is 14.8 Å². The summed E-state index contributed by atoms with van der Waals surface area (Å²) in [6, 6.07) is 16.6. The number of nitrogens with zero attached hydrogens (tertiary/aromatic N) is 1. The molecule has 2 rings (SSSR count). The van der Waals surface area contributed by atoms with Crippen LogP contribution in [0.1, 0.15) is 53.5 Å². The molecule has 2 aromatic rings. The van der Waals surface area contributed by atoms with E-state index in [1.165, 1.54) is 0 Å². The van der Waals surface area contributed by atoms with Gasteiger partial charge in [0.15, 0.2) is 0 Å². The van der Waals surface area contributed by atoms with Crippen molar-refractivity contribution in [2.24, 2.45) is 5.92 Å². The molecule has 0 saturated heterocycles. The Hall–Kier alpha value is -3.35. The molecule has 2 atom stereocenters. The van der Waals surface area contributed by atoms with Crippen LogP contribution in [0.4, 0.5) is 4.79 Å². The molecule has 0 aromatic heterocycles. The van der Waals surface area contributed by atoms with Crippen molar-refractivity contribution in [3.63, 3.8) is 0 Å². The molecular formula is C28H38N2O5. The minimum Gasteiger partial charge on any atom is -0.459 e. The molecule has 0 aliphatic carbocycles. The Morgan fingerprint density at radius 1 is 0.971 bits per heavy atom. The van der Waals surface area contributed by atoms with Gasteiger partial charge in [-0.25, -0.2) is 9.59 Å². The quantitative estimate of drug-likeness (QED) is 0.494. The molecule has 35 heavy (non-hydrogen) atoms. The predicted molar refractivity (Wildman–Crippen MR) is 136 cm³/mol. The van der Waals surface area contributed by atoms with Crippen LogP contribution >= 0.6 is 0 Å². The number of amides is 2. The van der Waals surface area contributed by atoms with Crippen LogP contribution in [0.2, 0.25) is 0 Å². The maximum absolute atomic E-state index is 13.5. The minimum absolute atomic E-state index is 0.0916. The van der Waals surface area contributed by atoms with Gasteiger partial charge in [-0.1, -0.05) is 74.5 Å². The maximum Gasteiger partial charge on any atom is 0.410 e. The van der Waals surface area contributed by atoms with Crippen LogP contribution in [-0.4, -0.2) is 47.6 Å². The first-order valence-electron chi connectivity index (χ1n) is 12.5. The third-order valence-electron chi connectivity index (χ3n) is 5.11. The first-order valence-corrected chi connectivity index (χ1v) is 11.8. The number of carbonyl (C=O) groups excluding carboxylic acids is 3. The lowest BCUT2D eigenvalue weighted by Crippen LogP contribution is -2.54. The lowest BCUT2D eigenvalue weighted by atomic mass is 10.0. The van der Waals surface area contributed by atoms with E-state index < -0.39 is 42.7 Å². The van der Waals surface area contributed by atoms with Gasteiger partial charge in [-0.15, -0.1) is 0 Å². The highest BCUT2D eigenvalue weighted by atomic mass is 16.6. The number of hydrogen-bond donors (Lipinski definition) is 1. The minimum atomic E-state index is -1.05. The zero-order valence-corrected chi connectivity index (χ0v) is 21.3. The first kappa shape index (κ1) is 26.3. The number of ether oxygens (including phenoxy) is 2. The lowest BCUT2D eigenvalue weighted by molar-refractivity contribution is -0.150. The maximum atomic E-state index is 13.5. The van der Waals surface area contributed by atoms with Gasteiger partial charge >= 0.3 is 12.1 Å². The monoisotopic (exact) mass is 483 g/mol. The summed E-state index contributed by atoms with van der Waals surface area (Å²) in [6.45, 7) is 9.15. The fourth-order valence-electron chi connectivity index (χ4n) is 3.41. The third-order valence-corrected chi connectivity index (χ3v) is 5.11. The van der Waals surface area contributed by atoms with Crippen LogP contribution in [0.25, 0.3) is 0 Å². The molecule has 2 amide bonds. The molecular weight excluding hydrogens is 444 g/mol. The average Bonchev–Trinajstić information content (AvgIpc) is 2.81. The molecule has 0 unspecified atom stereocenters. The number of benzene rings is 2. The zero-order valence-electron chi connectivity index (χ0n) is 22.3. The van der Waals surface area contributed by atoms with Crippen molar-refractivity contribution in [1.82, 2.24) is 10.2 Å². The SMILES string of the molecule is [2H]CN(C(=O)OC(C)(C)C)[C@@H](Cc1ccccc1)C(=O)N[C@H](CC(C)C)C(=O)OCc1ccccc1. The van der Waals surface area contributed by atoms with Crippen molar-refractivity contribution < 1.29 is 25.2 Å². The van der Waals surface area contributed by atoms with E-state index in [9.17, 15) is 14.4 Å². The Bertz CT molecular complexity index is 976. The highest BCUT2D eigenvalue weighted by Crippen LogP contribution is 2.16. The van der Waals surface area contributed by atoms with Gasteiger partial charge in [0.25, 0.3) is 0 Å². The number of nitrogens with one attached hydrogen (secondary N) is 1. The second-order valence-electron chi connectivity index (χ2n) is 9.94. The molecule has 190 valence electrons. The molecule has 0 bridgehead atoms. The van der Waals surface area contributed by atoms with Gasteiger partial charge in [-0.05, 0) is 44.2 Å². The van der Waals surface area contributed by atoms with E-state index in [1.54, 1.807) is 20.8 Å². The van der Waals surface area contributed by atoms with Crippen molar-refractivity contribution in [2.75, 3.05) is 7.02 Å². The van der Waals surface area contributed by atoms with E-state index in [2.05, 4.69) is 5.32 Å². The van der Waals surface area contributed by atoms with Gasteiger partial charge in [0, 0.05) is 14.8 Å². The largest absolute Gasteiger partial charge is 0.459 e. The Balaban J connectivity index is 2.25. The van der Waals surface area contributed by atoms with Crippen molar-refractivity contribution in [3.05, 3.63) is 71.8 Å². The van der Waals surface area contributed by atoms with Crippen LogP contribution < -0.4 is 5.32 Å². The fourth-order valence-corrected chi connectivity index (χ4v) is 3.41. The predicted octanol–water partition coefficient (Wildman–Crippen LogP) is 4.74. The van der Waals surface area contributed by atoms with Crippen molar-refractivity contribution in [2.45, 2.75) is 71.8 Å². The van der Waals surface area contributed by atoms with Gasteiger partial charge in [-0.2, -0.15) is 0 Å². The highest BCUT2D eigenvalue weighted by molar-refractivity contribution is 5.90. The van der Waals surface area contributed by atoms with Crippen molar-refractivity contribution in [1.29, 1.82) is 0 Å². The van der Waals surface area contributed by atoms with Crippen LogP contribution in [-0.2, 0) is 32.1 Å². The summed E-state index contributed by atoms with van der Waals surface area (Å²) in [7, 11) is -0.479. The van der Waals surface area contributed by atoms with E-state index in [1.807, 2.05) is 74.5 Å². The first-order chi connectivity index (χ1) is 17.0. The van der Waals surface area contributed by atoms with Crippen molar-refractivity contribution in [3.8, 4) is 0 Å². The Morgan fingerprint density at radius 3 is 2.06 bits per heavy atom. The summed E-state index contributed by atoms with van der Waals surface area (Å²) < 4.78 is 18.9. The van der Waals surface area contributed by atoms with Gasteiger partial charge in [-0.3, -0.25) is 9.69 Å². The van der Waals surface area contributed by atoms with Gasteiger partial charge in [0.1, 0.15) is 24.3 Å². The normalized spacial score (nSPS) is 13.4. The standard InChI is InChI=1S/C28H38N2O5/c1-20(2)17-23(26(32)34-19-22-15-11-8-12-16-22)29-25(31)24(18-21-13-9-7-10-14-21)30(6)27(33)35-28(3,4)5/h7-16,20,23-24H,17-19H2,1-6H3,(H,29,31)/t23-,24+/m1/s1/i6D. The number of rotatable bonds is 10. The lowest BCUT2D eigenvalue weighted by Gasteiger charge is -2.31. The van der Waals surface area contributed by atoms with Crippen LogP contribution in [0.5, 0.6) is 0 Å². The Kier molecular flexibility index (Phi) is 9.70. The van der Waals surface area contributed by atoms with E-state index in [0.29, 0.717) is 6.42 Å². The van der Waals surface area contributed by atoms with E-state index in [4.69, 9.17) is 10.8 Å². The van der Waals surface area contributed by atoms with Gasteiger partial charge in [0.05, 0.1) is 0 Å². The number of likely N-dealkylation sites (N-methyl/N-ethyl adjacent to an activating group) is 1. The summed E-state index contributed by atoms with van der Waals surface area (Å²) in [6.07, 6.45) is -0.233. The number of carbonyl (C=O) groups is 3. The topological polar surface area (TPSA) is 84.9 Å². The molecule has 0 saturated carbocycles. The second-order valence-corrected chi connectivity index (χ2v) is 9.94. The highest BCUT2D eigenvalue weighted by Gasteiger charge is 2.33. The molecule has 7 nitrogen and oxygen atoms in total. The molecule has 1 N–H and O–H groups in total. The molecule has 0 spiro atoms. The van der Waals surface area contributed by atoms with Crippen LogP contribution in [0.3, 0.4) is 0 Å². The molecule has 7 heteroatoms. The summed E-state index contributed by atoms with van der Waals surface area (Å²) in [4.78, 5) is 40.5. The molecule has 0 heterocycles. The Labute approximate surface area is 210 Å². The van der Waals surface area contributed by atoms with E-state index >= 15 is 0 Å². The van der Waals surface area contributed by atoms with E-state index in [0.717, 1.165) is 16.0 Å². The molecule has 0 aliphatic heterocycles. The molecule has 2 aromatic carbocycles. The second kappa shape index (κ2) is 12.9. The molecule has 0 fully saturated rings. The Morgan fingerprint density at radius 2 is 1.54 bits per heavy atom. The summed E-state index contributed by atoms with van der Waals surface area (Å²) >= 11 is 0. The zero-order chi connectivity index (χ0) is 26.7. The number of esters is 1. The average molecular weight is 484 g/mol.